The van der Waals surface area contributed by atoms with Crippen molar-refractivity contribution in [1.82, 2.24) is 0 Å². The Labute approximate surface area is 136 Å². The maximum Gasteiger partial charge on any atom is 0.529 e. The van der Waals surface area contributed by atoms with E-state index in [2.05, 4.69) is 18.1 Å². The first-order chi connectivity index (χ1) is 11.1. The number of hydrogen-bond acceptors (Lipinski definition) is 8. The third-order valence-corrected chi connectivity index (χ3v) is 4.15. The van der Waals surface area contributed by atoms with Crippen LogP contribution in [0.3, 0.4) is 0 Å². The van der Waals surface area contributed by atoms with Crippen molar-refractivity contribution in [2.24, 2.45) is 0 Å². The maximum atomic E-state index is 11.6. The highest BCUT2D eigenvalue weighted by molar-refractivity contribution is 7.48. The largest absolute Gasteiger partial charge is 0.529 e. The van der Waals surface area contributed by atoms with Gasteiger partial charge in [-0.15, -0.1) is 0 Å². The molecule has 0 bridgehead atoms. The van der Waals surface area contributed by atoms with Gasteiger partial charge in [0.1, 0.15) is 0 Å². The number of hydrogen-bond donors (Lipinski definition) is 2. The van der Waals surface area contributed by atoms with Gasteiger partial charge in [-0.25, -0.2) is 18.7 Å². The van der Waals surface area contributed by atoms with Gasteiger partial charge >= 0.3 is 27.6 Å². The maximum absolute atomic E-state index is 11.6. The third-order valence-electron chi connectivity index (χ3n) is 2.42. The van der Waals surface area contributed by atoms with Gasteiger partial charge in [0.2, 0.25) is 0 Å². The standard InChI is InChI=1S/C12H14O10P2/c1-19-23(15,16)21-11(13)8-5-9-3-6-10(7-4-9)12(14)22-24(17,18)20-2/h3-8H,1-2H3,(H,15,16)(H,17,18)/b8-5+. The van der Waals surface area contributed by atoms with Gasteiger partial charge in [0, 0.05) is 20.3 Å². The van der Waals surface area contributed by atoms with E-state index in [-0.39, 0.29) is 5.56 Å². The summed E-state index contributed by atoms with van der Waals surface area (Å²) in [6.07, 6.45) is 2.13. The Bertz CT molecular complexity index is 724. The summed E-state index contributed by atoms with van der Waals surface area (Å²) >= 11 is 0. The Morgan fingerprint density at radius 2 is 1.46 bits per heavy atom. The van der Waals surface area contributed by atoms with Crippen molar-refractivity contribution in [3.8, 4) is 0 Å². The van der Waals surface area contributed by atoms with Crippen LogP contribution in [0.15, 0.2) is 30.3 Å². The van der Waals surface area contributed by atoms with Crippen molar-refractivity contribution in [2.45, 2.75) is 0 Å². The molecular formula is C12H14O10P2. The van der Waals surface area contributed by atoms with Crippen LogP contribution in [-0.2, 0) is 32.0 Å². The van der Waals surface area contributed by atoms with Gasteiger partial charge < -0.3 is 9.05 Å². The lowest BCUT2D eigenvalue weighted by atomic mass is 10.1. The van der Waals surface area contributed by atoms with E-state index >= 15 is 0 Å². The molecule has 1 rings (SSSR count). The lowest BCUT2D eigenvalue weighted by Crippen LogP contribution is -2.04. The van der Waals surface area contributed by atoms with Crippen LogP contribution < -0.4 is 0 Å². The summed E-state index contributed by atoms with van der Waals surface area (Å²) in [4.78, 5) is 40.9. The fraction of sp³-hybridized carbons (Fsp3) is 0.167. The first-order valence-electron chi connectivity index (χ1n) is 6.11. The zero-order chi connectivity index (χ0) is 18.4. The van der Waals surface area contributed by atoms with E-state index in [4.69, 9.17) is 9.79 Å². The monoisotopic (exact) mass is 380 g/mol. The molecule has 0 spiro atoms. The smallest absolute Gasteiger partial charge is 0.367 e. The Hall–Kier alpha value is -1.80. The Morgan fingerprint density at radius 1 is 0.958 bits per heavy atom. The summed E-state index contributed by atoms with van der Waals surface area (Å²) in [6, 6.07) is 5.33. The number of phosphoric ester groups is 2. The van der Waals surface area contributed by atoms with Gasteiger partial charge in [-0.05, 0) is 23.8 Å². The molecule has 1 aromatic carbocycles. The Morgan fingerprint density at radius 3 is 1.96 bits per heavy atom. The quantitative estimate of drug-likeness (QED) is 0.531. The molecule has 0 radical (unpaired) electrons. The fourth-order valence-corrected chi connectivity index (χ4v) is 2.02. The van der Waals surface area contributed by atoms with E-state index in [0.717, 1.165) is 20.3 Å². The molecule has 0 aliphatic heterocycles. The third kappa shape index (κ3) is 6.76. The van der Waals surface area contributed by atoms with Crippen LogP contribution in [0.25, 0.3) is 6.08 Å². The van der Waals surface area contributed by atoms with Crippen LogP contribution in [-0.4, -0.2) is 35.9 Å². The van der Waals surface area contributed by atoms with E-state index in [1.807, 2.05) is 0 Å². The molecular weight excluding hydrogens is 366 g/mol. The van der Waals surface area contributed by atoms with Crippen LogP contribution in [0, 0.1) is 0 Å². The van der Waals surface area contributed by atoms with Crippen molar-refractivity contribution in [2.75, 3.05) is 14.2 Å². The zero-order valence-electron chi connectivity index (χ0n) is 12.5. The van der Waals surface area contributed by atoms with Crippen LogP contribution in [0.4, 0.5) is 0 Å². The molecule has 2 N–H and O–H groups in total. The molecule has 10 nitrogen and oxygen atoms in total. The second kappa shape index (κ2) is 8.34. The lowest BCUT2D eigenvalue weighted by Gasteiger charge is -2.08. The van der Waals surface area contributed by atoms with Crippen molar-refractivity contribution in [1.29, 1.82) is 0 Å². The molecule has 0 amide bonds. The summed E-state index contributed by atoms with van der Waals surface area (Å²) < 4.78 is 38.8. The van der Waals surface area contributed by atoms with E-state index in [1.165, 1.54) is 30.3 Å². The van der Waals surface area contributed by atoms with Crippen molar-refractivity contribution in [3.05, 3.63) is 41.5 Å². The number of carbonyl (C=O) groups is 2. The molecule has 0 heterocycles. The molecule has 12 heteroatoms. The van der Waals surface area contributed by atoms with E-state index in [0.29, 0.717) is 5.56 Å². The van der Waals surface area contributed by atoms with Crippen molar-refractivity contribution >= 4 is 33.7 Å². The summed E-state index contributed by atoms with van der Waals surface area (Å²) in [6.45, 7) is 0. The van der Waals surface area contributed by atoms with Gasteiger partial charge in [0.05, 0.1) is 5.56 Å². The molecule has 24 heavy (non-hydrogen) atoms. The summed E-state index contributed by atoms with van der Waals surface area (Å²) in [5, 5.41) is 0. The van der Waals surface area contributed by atoms with Crippen molar-refractivity contribution < 1.29 is 46.6 Å². The normalized spacial score (nSPS) is 16.2. The molecule has 0 saturated carbocycles. The van der Waals surface area contributed by atoms with Gasteiger partial charge in [-0.1, -0.05) is 12.1 Å². The minimum Gasteiger partial charge on any atom is -0.367 e. The molecule has 0 fully saturated rings. The van der Waals surface area contributed by atoms with Crippen molar-refractivity contribution in [3.63, 3.8) is 0 Å². The molecule has 0 aliphatic rings. The van der Waals surface area contributed by atoms with E-state index in [1.54, 1.807) is 0 Å². The summed E-state index contributed by atoms with van der Waals surface area (Å²) in [7, 11) is -7.04. The SMILES string of the molecule is COP(=O)(O)OC(=O)/C=C/c1ccc(C(=O)OP(=O)(O)OC)cc1. The van der Waals surface area contributed by atoms with Crippen LogP contribution >= 0.6 is 15.6 Å². The highest BCUT2D eigenvalue weighted by atomic mass is 31.2. The molecule has 132 valence electrons. The van der Waals surface area contributed by atoms with Gasteiger partial charge in [-0.3, -0.25) is 18.8 Å². The zero-order valence-corrected chi connectivity index (χ0v) is 14.3. The first-order valence-corrected chi connectivity index (χ1v) is 9.10. The molecule has 0 aliphatic carbocycles. The van der Waals surface area contributed by atoms with E-state index in [9.17, 15) is 18.7 Å². The number of benzene rings is 1. The molecule has 2 unspecified atom stereocenters. The number of phosphoric acid groups is 2. The van der Waals surface area contributed by atoms with Crippen LogP contribution in [0.2, 0.25) is 0 Å². The second-order valence-electron chi connectivity index (χ2n) is 4.05. The molecule has 0 aromatic heterocycles. The number of carbonyl (C=O) groups excluding carboxylic acids is 2. The van der Waals surface area contributed by atoms with Gasteiger partial charge in [0.25, 0.3) is 0 Å². The van der Waals surface area contributed by atoms with Crippen LogP contribution in [0.1, 0.15) is 15.9 Å². The molecule has 0 saturated heterocycles. The predicted octanol–water partition coefficient (Wildman–Crippen LogP) is 1.89. The fourth-order valence-electron chi connectivity index (χ4n) is 1.27. The second-order valence-corrected chi connectivity index (χ2v) is 7.02. The molecule has 1 aromatic rings. The Balaban J connectivity index is 2.73. The predicted molar refractivity (Wildman–Crippen MR) is 80.7 cm³/mol. The van der Waals surface area contributed by atoms with E-state index < -0.39 is 27.6 Å². The topological polar surface area (TPSA) is 146 Å². The summed E-state index contributed by atoms with van der Waals surface area (Å²) in [5.74, 6) is -2.17. The average Bonchev–Trinajstić information content (AvgIpc) is 2.52. The minimum atomic E-state index is -4.44. The molecule has 2 atom stereocenters. The summed E-state index contributed by atoms with van der Waals surface area (Å²) in [5.41, 5.74) is 0.410. The van der Waals surface area contributed by atoms with Gasteiger partial charge in [0.15, 0.2) is 0 Å². The minimum absolute atomic E-state index is 0.0275. The first kappa shape index (κ1) is 20.2. The number of rotatable bonds is 7. The average molecular weight is 380 g/mol. The highest BCUT2D eigenvalue weighted by Gasteiger charge is 2.25. The highest BCUT2D eigenvalue weighted by Crippen LogP contribution is 2.43. The lowest BCUT2D eigenvalue weighted by molar-refractivity contribution is -0.130. The van der Waals surface area contributed by atoms with Crippen LogP contribution in [0.5, 0.6) is 0 Å². The van der Waals surface area contributed by atoms with Gasteiger partial charge in [-0.2, -0.15) is 0 Å². The Kier molecular flexibility index (Phi) is 7.04.